The summed E-state index contributed by atoms with van der Waals surface area (Å²) >= 11 is 0. The molecular weight excluding hydrogens is 393 g/mol. The van der Waals surface area contributed by atoms with E-state index in [1.807, 2.05) is 29.8 Å². The smallest absolute Gasteiger partial charge is 0.139 e. The third-order valence-electron chi connectivity index (χ3n) is 6.56. The molecule has 2 aliphatic rings. The summed E-state index contributed by atoms with van der Waals surface area (Å²) < 4.78 is 17.1. The molecule has 2 saturated heterocycles. The van der Waals surface area contributed by atoms with E-state index < -0.39 is 11.7 Å². The van der Waals surface area contributed by atoms with E-state index in [9.17, 15) is 5.11 Å². The minimum Gasteiger partial charge on any atom is -0.507 e. The number of alkyl halides is 1. The highest BCUT2D eigenvalue weighted by Crippen LogP contribution is 2.44. The lowest BCUT2D eigenvalue weighted by atomic mass is 9.68. The zero-order chi connectivity index (χ0) is 21.6. The number of hydrogen-bond acceptors (Lipinski definition) is 5. The number of imidazole rings is 1. The Bertz CT molecular complexity index is 1130. The Morgan fingerprint density at radius 1 is 1.23 bits per heavy atom. The molecule has 160 valence electrons. The van der Waals surface area contributed by atoms with Crippen molar-refractivity contribution in [1.29, 1.82) is 0 Å². The summed E-state index contributed by atoms with van der Waals surface area (Å²) in [6.07, 6.45) is 12.8. The van der Waals surface area contributed by atoms with Gasteiger partial charge in [-0.3, -0.25) is 9.97 Å². The largest absolute Gasteiger partial charge is 0.507 e. The fourth-order valence-electron chi connectivity index (χ4n) is 5.11. The quantitative estimate of drug-likeness (QED) is 0.656. The van der Waals surface area contributed by atoms with Crippen molar-refractivity contribution in [2.45, 2.75) is 56.8 Å². The van der Waals surface area contributed by atoms with Crippen LogP contribution in [-0.2, 0) is 0 Å². The number of nitrogens with one attached hydrogen (secondary N) is 1. The molecule has 2 bridgehead atoms. The van der Waals surface area contributed by atoms with Gasteiger partial charge in [-0.15, -0.1) is 0 Å². The highest BCUT2D eigenvalue weighted by molar-refractivity contribution is 5.68. The van der Waals surface area contributed by atoms with Crippen LogP contribution in [0.2, 0.25) is 0 Å². The van der Waals surface area contributed by atoms with E-state index >= 15 is 4.39 Å². The van der Waals surface area contributed by atoms with Crippen molar-refractivity contribution in [2.75, 3.05) is 0 Å². The van der Waals surface area contributed by atoms with Gasteiger partial charge < -0.3 is 15.0 Å². The van der Waals surface area contributed by atoms with Gasteiger partial charge in [0.25, 0.3) is 0 Å². The number of aromatic nitrogens is 4. The Morgan fingerprint density at radius 3 is 2.81 bits per heavy atom. The molecule has 2 aliphatic heterocycles. The van der Waals surface area contributed by atoms with E-state index in [0.717, 1.165) is 30.5 Å². The number of hydrogen-bond donors (Lipinski definition) is 2. The van der Waals surface area contributed by atoms with Gasteiger partial charge in [0, 0.05) is 29.6 Å². The maximum absolute atomic E-state index is 15.3. The van der Waals surface area contributed by atoms with Crippen molar-refractivity contribution in [2.24, 2.45) is 0 Å². The van der Waals surface area contributed by atoms with E-state index in [4.69, 9.17) is 0 Å². The van der Waals surface area contributed by atoms with Crippen molar-refractivity contribution in [3.05, 3.63) is 60.6 Å². The first-order chi connectivity index (χ1) is 14.9. The first kappa shape index (κ1) is 19.9. The van der Waals surface area contributed by atoms with Gasteiger partial charge in [-0.05, 0) is 63.3 Å². The number of phenols is 1. The number of rotatable bonds is 3. The Kier molecular flexibility index (Phi) is 4.66. The van der Waals surface area contributed by atoms with Crippen LogP contribution in [-0.4, -0.2) is 41.9 Å². The van der Waals surface area contributed by atoms with Gasteiger partial charge in [-0.1, -0.05) is 0 Å². The average Bonchev–Trinajstić information content (AvgIpc) is 3.27. The molecule has 0 saturated carbocycles. The second-order valence-electron chi connectivity index (χ2n) is 9.21. The first-order valence-corrected chi connectivity index (χ1v) is 10.6. The lowest BCUT2D eigenvalue weighted by molar-refractivity contribution is 0.0555. The molecule has 2 fully saturated rings. The van der Waals surface area contributed by atoms with Crippen LogP contribution in [0.3, 0.4) is 0 Å². The molecule has 5 rings (SSSR count). The molecule has 2 aromatic heterocycles. The average molecular weight is 420 g/mol. The van der Waals surface area contributed by atoms with Crippen LogP contribution in [0.5, 0.6) is 5.75 Å². The van der Waals surface area contributed by atoms with Crippen molar-refractivity contribution in [3.63, 3.8) is 0 Å². The summed E-state index contributed by atoms with van der Waals surface area (Å²) in [6, 6.07) is 5.36. The van der Waals surface area contributed by atoms with Crippen LogP contribution in [0.1, 0.15) is 45.2 Å². The highest BCUT2D eigenvalue weighted by atomic mass is 19.1. The van der Waals surface area contributed by atoms with E-state index in [1.165, 1.54) is 0 Å². The molecule has 4 heterocycles. The molecule has 7 heteroatoms. The third kappa shape index (κ3) is 3.63. The number of piperidine rings is 2. The predicted octanol–water partition coefficient (Wildman–Crippen LogP) is 4.45. The molecule has 1 aromatic carbocycles. The molecule has 2 N–H and O–H groups in total. The molecular formula is C24H26FN5O. The van der Waals surface area contributed by atoms with Crippen LogP contribution in [0.4, 0.5) is 4.39 Å². The standard InChI is InChI=1S/C24H26FN5O/c1-23-6-3-7-24(2,29-23)22(25)16(12-23)10-17-13-28-20(14-27-17)19-5-4-18(11-21(19)31)30-9-8-26-15-30/h4-5,8-11,13-15,22,29,31H,3,6-7,12H2,1-2H3/b16-10+/t22-,23-,24+/m1/s1. The van der Waals surface area contributed by atoms with Gasteiger partial charge in [0.1, 0.15) is 11.9 Å². The molecule has 31 heavy (non-hydrogen) atoms. The number of benzene rings is 1. The van der Waals surface area contributed by atoms with Crippen molar-refractivity contribution in [1.82, 2.24) is 24.8 Å². The van der Waals surface area contributed by atoms with Gasteiger partial charge in [0.05, 0.1) is 41.3 Å². The summed E-state index contributed by atoms with van der Waals surface area (Å²) in [7, 11) is 0. The van der Waals surface area contributed by atoms with Gasteiger partial charge in [-0.25, -0.2) is 9.37 Å². The monoisotopic (exact) mass is 419 g/mol. The fourth-order valence-corrected chi connectivity index (χ4v) is 5.11. The SMILES string of the molecule is C[C@]12CCC[C@](C)(N1)[C@H](F)/C(=C/c1cnc(-c3ccc(-n4ccnc4)cc3O)cn1)C2. The number of halogens is 1. The predicted molar refractivity (Wildman–Crippen MR) is 118 cm³/mol. The zero-order valence-corrected chi connectivity index (χ0v) is 17.7. The Balaban J connectivity index is 1.40. The molecule has 0 unspecified atom stereocenters. The summed E-state index contributed by atoms with van der Waals surface area (Å²) in [5, 5.41) is 14.0. The fraction of sp³-hybridized carbons (Fsp3) is 0.375. The number of fused-ring (bicyclic) bond motifs is 2. The molecule has 0 aliphatic carbocycles. The van der Waals surface area contributed by atoms with E-state index in [0.29, 0.717) is 23.4 Å². The summed E-state index contributed by atoms with van der Waals surface area (Å²) in [5.74, 6) is 0.113. The minimum absolute atomic E-state index is 0.0719. The normalized spacial score (nSPS) is 29.3. The Labute approximate surface area is 180 Å². The molecule has 3 atom stereocenters. The summed E-state index contributed by atoms with van der Waals surface area (Å²) in [5.41, 5.74) is 2.77. The molecule has 0 radical (unpaired) electrons. The summed E-state index contributed by atoms with van der Waals surface area (Å²) in [4.78, 5) is 13.0. The topological polar surface area (TPSA) is 75.9 Å². The first-order valence-electron chi connectivity index (χ1n) is 10.6. The van der Waals surface area contributed by atoms with Gasteiger partial charge in [-0.2, -0.15) is 0 Å². The van der Waals surface area contributed by atoms with Gasteiger partial charge in [0.15, 0.2) is 0 Å². The van der Waals surface area contributed by atoms with Crippen LogP contribution in [0.25, 0.3) is 23.0 Å². The van der Waals surface area contributed by atoms with Crippen molar-refractivity contribution < 1.29 is 9.50 Å². The van der Waals surface area contributed by atoms with Gasteiger partial charge in [0.2, 0.25) is 0 Å². The summed E-state index contributed by atoms with van der Waals surface area (Å²) in [6.45, 7) is 4.15. The van der Waals surface area contributed by atoms with Crippen LogP contribution < -0.4 is 5.32 Å². The van der Waals surface area contributed by atoms with Crippen LogP contribution >= 0.6 is 0 Å². The van der Waals surface area contributed by atoms with E-state index in [-0.39, 0.29) is 11.3 Å². The maximum atomic E-state index is 15.3. The third-order valence-corrected chi connectivity index (χ3v) is 6.56. The maximum Gasteiger partial charge on any atom is 0.139 e. The lowest BCUT2D eigenvalue weighted by Crippen LogP contribution is -2.66. The molecule has 0 amide bonds. The van der Waals surface area contributed by atoms with Crippen molar-refractivity contribution >= 4 is 6.08 Å². The van der Waals surface area contributed by atoms with Crippen LogP contribution in [0.15, 0.2) is 54.9 Å². The second-order valence-corrected chi connectivity index (χ2v) is 9.21. The molecule has 3 aromatic rings. The molecule has 6 nitrogen and oxygen atoms in total. The van der Waals surface area contributed by atoms with E-state index in [2.05, 4.69) is 27.2 Å². The number of nitrogens with zero attached hydrogens (tertiary/aromatic N) is 4. The Hall–Kier alpha value is -3.06. The Morgan fingerprint density at radius 2 is 2.10 bits per heavy atom. The second kappa shape index (κ2) is 7.27. The lowest BCUT2D eigenvalue weighted by Gasteiger charge is -2.53. The van der Waals surface area contributed by atoms with Crippen molar-refractivity contribution in [3.8, 4) is 22.7 Å². The van der Waals surface area contributed by atoms with Crippen LogP contribution in [0, 0.1) is 0 Å². The zero-order valence-electron chi connectivity index (χ0n) is 17.7. The highest BCUT2D eigenvalue weighted by Gasteiger charge is 2.50. The van der Waals surface area contributed by atoms with Gasteiger partial charge >= 0.3 is 0 Å². The number of aromatic hydroxyl groups is 1. The molecule has 0 spiro atoms. The minimum atomic E-state index is -1.04. The number of phenolic OH excluding ortho intramolecular Hbond substituents is 1. The van der Waals surface area contributed by atoms with E-state index in [1.54, 1.807) is 37.1 Å².